The third-order valence-corrected chi connectivity index (χ3v) is 4.54. The Bertz CT molecular complexity index is 608. The van der Waals surface area contributed by atoms with Gasteiger partial charge in [0.05, 0.1) is 19.4 Å². The molecule has 2 aliphatic heterocycles. The second-order valence-electron chi connectivity index (χ2n) is 5.64. The van der Waals surface area contributed by atoms with E-state index in [2.05, 4.69) is 18.7 Å². The number of ether oxygens (including phenoxy) is 2. The zero-order chi connectivity index (χ0) is 15.5. The first-order chi connectivity index (χ1) is 10.8. The van der Waals surface area contributed by atoms with Crippen LogP contribution in [0.15, 0.2) is 43.2 Å². The molecule has 0 N–H and O–H groups in total. The Morgan fingerprint density at radius 1 is 1.32 bits per heavy atom. The Hall–Kier alpha value is -2.23. The molecule has 116 valence electrons. The van der Waals surface area contributed by atoms with Crippen molar-refractivity contribution in [2.24, 2.45) is 0 Å². The maximum atomic E-state index is 12.3. The van der Waals surface area contributed by atoms with E-state index in [9.17, 15) is 4.79 Å². The van der Waals surface area contributed by atoms with Crippen LogP contribution in [-0.2, 0) is 4.74 Å². The lowest BCUT2D eigenvalue weighted by Crippen LogP contribution is -2.40. The summed E-state index contributed by atoms with van der Waals surface area (Å²) in [4.78, 5) is 14.2. The van der Waals surface area contributed by atoms with Gasteiger partial charge in [-0.05, 0) is 37.3 Å². The molecular formula is C18H21NO3. The van der Waals surface area contributed by atoms with Crippen molar-refractivity contribution in [1.82, 2.24) is 4.90 Å². The van der Waals surface area contributed by atoms with Crippen molar-refractivity contribution in [3.63, 3.8) is 0 Å². The topological polar surface area (TPSA) is 38.8 Å². The molecule has 1 fully saturated rings. The Morgan fingerprint density at radius 3 is 2.91 bits per heavy atom. The molecule has 22 heavy (non-hydrogen) atoms. The molecule has 0 saturated carbocycles. The van der Waals surface area contributed by atoms with E-state index in [1.165, 1.54) is 11.8 Å². The van der Waals surface area contributed by atoms with Gasteiger partial charge in [-0.2, -0.15) is 0 Å². The van der Waals surface area contributed by atoms with E-state index in [1.54, 1.807) is 7.11 Å². The fraction of sp³-hybridized carbons (Fsp3) is 0.389. The summed E-state index contributed by atoms with van der Waals surface area (Å²) in [5.74, 6) is 0.844. The summed E-state index contributed by atoms with van der Waals surface area (Å²) in [6, 6.07) is 8.28. The smallest absolute Gasteiger partial charge is 0.415 e. The second-order valence-corrected chi connectivity index (χ2v) is 5.64. The van der Waals surface area contributed by atoms with Gasteiger partial charge in [-0.25, -0.2) is 4.79 Å². The summed E-state index contributed by atoms with van der Waals surface area (Å²) in [5.41, 5.74) is 2.23. The molecule has 1 aromatic rings. The number of carbonyl (C=O) groups is 1. The van der Waals surface area contributed by atoms with Gasteiger partial charge in [-0.15, -0.1) is 0 Å². The first-order valence-electron chi connectivity index (χ1n) is 7.69. The van der Waals surface area contributed by atoms with E-state index in [1.807, 2.05) is 23.1 Å². The number of nitrogens with zero attached hydrogens (tertiary/aromatic N) is 1. The molecule has 4 heteroatoms. The molecule has 0 radical (unpaired) electrons. The predicted molar refractivity (Wildman–Crippen MR) is 85.5 cm³/mol. The number of hydrogen-bond acceptors (Lipinski definition) is 3. The minimum absolute atomic E-state index is 0.0521. The van der Waals surface area contributed by atoms with Crippen LogP contribution in [0.4, 0.5) is 4.79 Å². The van der Waals surface area contributed by atoms with E-state index in [0.717, 1.165) is 37.0 Å². The Kier molecular flexibility index (Phi) is 4.18. The summed E-state index contributed by atoms with van der Waals surface area (Å²) in [6.07, 6.45) is 7.07. The standard InChI is InChI=1S/C18H21NO3/c1-3-22-18(20)19-13-7-6-9-14(16(19)12-11-13)15-8-4-5-10-17(15)21-2/h3-5,8-10,13,16H,1,6-7,11-12H2,2H3. The number of fused-ring (bicyclic) bond motifs is 2. The fourth-order valence-electron chi connectivity index (χ4n) is 3.62. The highest BCUT2D eigenvalue weighted by molar-refractivity contribution is 5.80. The number of allylic oxidation sites excluding steroid dienone is 1. The molecule has 2 aliphatic rings. The van der Waals surface area contributed by atoms with Gasteiger partial charge in [-0.3, -0.25) is 4.90 Å². The van der Waals surface area contributed by atoms with Gasteiger partial charge in [0, 0.05) is 11.6 Å². The first kappa shape index (κ1) is 14.7. The Labute approximate surface area is 131 Å². The molecule has 4 nitrogen and oxygen atoms in total. The van der Waals surface area contributed by atoms with Crippen molar-refractivity contribution in [3.8, 4) is 5.75 Å². The molecule has 0 spiro atoms. The number of carbonyl (C=O) groups excluding carboxylic acids is 1. The van der Waals surface area contributed by atoms with Gasteiger partial charge in [-0.1, -0.05) is 30.9 Å². The van der Waals surface area contributed by atoms with Crippen molar-refractivity contribution in [2.45, 2.75) is 37.8 Å². The molecule has 1 amide bonds. The van der Waals surface area contributed by atoms with E-state index in [-0.39, 0.29) is 18.2 Å². The SMILES string of the molecule is C=COC(=O)N1C2CCC=C(c3ccccc3OC)C1CC2. The van der Waals surface area contributed by atoms with Crippen molar-refractivity contribution < 1.29 is 14.3 Å². The third kappa shape index (κ3) is 2.49. The summed E-state index contributed by atoms with van der Waals surface area (Å²) in [7, 11) is 1.68. The summed E-state index contributed by atoms with van der Waals surface area (Å²) in [6.45, 7) is 3.49. The van der Waals surface area contributed by atoms with Gasteiger partial charge in [0.1, 0.15) is 5.75 Å². The molecule has 0 aromatic heterocycles. The van der Waals surface area contributed by atoms with Gasteiger partial charge >= 0.3 is 6.09 Å². The summed E-state index contributed by atoms with van der Waals surface area (Å²) >= 11 is 0. The molecule has 0 aliphatic carbocycles. The fourth-order valence-corrected chi connectivity index (χ4v) is 3.62. The summed E-state index contributed by atoms with van der Waals surface area (Å²) < 4.78 is 10.5. The number of methoxy groups -OCH3 is 1. The normalized spacial score (nSPS) is 23.5. The van der Waals surface area contributed by atoms with Crippen LogP contribution in [0.5, 0.6) is 5.75 Å². The molecule has 1 saturated heterocycles. The first-order valence-corrected chi connectivity index (χ1v) is 7.69. The third-order valence-electron chi connectivity index (χ3n) is 4.54. The molecule has 3 rings (SSSR count). The minimum Gasteiger partial charge on any atom is -0.496 e. The van der Waals surface area contributed by atoms with Crippen LogP contribution < -0.4 is 4.74 Å². The van der Waals surface area contributed by atoms with Gasteiger partial charge < -0.3 is 9.47 Å². The zero-order valence-electron chi connectivity index (χ0n) is 12.8. The molecule has 2 unspecified atom stereocenters. The van der Waals surface area contributed by atoms with Crippen LogP contribution in [0.2, 0.25) is 0 Å². The summed E-state index contributed by atoms with van der Waals surface area (Å²) in [5, 5.41) is 0. The van der Waals surface area contributed by atoms with E-state index in [0.29, 0.717) is 0 Å². The lowest BCUT2D eigenvalue weighted by Gasteiger charge is -2.29. The maximum Gasteiger partial charge on any atom is 0.415 e. The minimum atomic E-state index is -0.301. The monoisotopic (exact) mass is 299 g/mol. The van der Waals surface area contributed by atoms with E-state index in [4.69, 9.17) is 9.47 Å². The Balaban J connectivity index is 1.99. The molecular weight excluding hydrogens is 278 g/mol. The van der Waals surface area contributed by atoms with Crippen molar-refractivity contribution in [3.05, 3.63) is 48.7 Å². The van der Waals surface area contributed by atoms with Crippen LogP contribution in [0.3, 0.4) is 0 Å². The van der Waals surface area contributed by atoms with Crippen LogP contribution in [-0.4, -0.2) is 30.2 Å². The number of amides is 1. The van der Waals surface area contributed by atoms with Crippen molar-refractivity contribution in [1.29, 1.82) is 0 Å². The molecule has 2 bridgehead atoms. The number of para-hydroxylation sites is 1. The average molecular weight is 299 g/mol. The predicted octanol–water partition coefficient (Wildman–Crippen LogP) is 3.99. The zero-order valence-corrected chi connectivity index (χ0v) is 12.8. The van der Waals surface area contributed by atoms with Gasteiger partial charge in [0.25, 0.3) is 0 Å². The highest BCUT2D eigenvalue weighted by Gasteiger charge is 2.41. The maximum absolute atomic E-state index is 12.3. The van der Waals surface area contributed by atoms with E-state index < -0.39 is 0 Å². The second kappa shape index (κ2) is 6.26. The van der Waals surface area contributed by atoms with Gasteiger partial charge in [0.15, 0.2) is 0 Å². The van der Waals surface area contributed by atoms with Crippen LogP contribution in [0.1, 0.15) is 31.2 Å². The molecule has 2 atom stereocenters. The number of benzene rings is 1. The highest BCUT2D eigenvalue weighted by Crippen LogP contribution is 2.41. The van der Waals surface area contributed by atoms with Crippen LogP contribution in [0.25, 0.3) is 5.57 Å². The number of hydrogen-bond donors (Lipinski definition) is 0. The van der Waals surface area contributed by atoms with Gasteiger partial charge in [0.2, 0.25) is 0 Å². The highest BCUT2D eigenvalue weighted by atomic mass is 16.5. The van der Waals surface area contributed by atoms with Crippen LogP contribution in [0, 0.1) is 0 Å². The Morgan fingerprint density at radius 2 is 2.14 bits per heavy atom. The molecule has 2 heterocycles. The lowest BCUT2D eigenvalue weighted by atomic mass is 9.93. The largest absolute Gasteiger partial charge is 0.496 e. The van der Waals surface area contributed by atoms with Crippen molar-refractivity contribution in [2.75, 3.05) is 7.11 Å². The molecule has 1 aromatic carbocycles. The lowest BCUT2D eigenvalue weighted by molar-refractivity contribution is 0.123. The quantitative estimate of drug-likeness (QED) is 0.792. The average Bonchev–Trinajstić information content (AvgIpc) is 2.84. The van der Waals surface area contributed by atoms with E-state index >= 15 is 0 Å². The number of rotatable bonds is 3. The van der Waals surface area contributed by atoms with Crippen LogP contribution >= 0.6 is 0 Å². The van der Waals surface area contributed by atoms with Crippen molar-refractivity contribution >= 4 is 11.7 Å².